The van der Waals surface area contributed by atoms with E-state index in [-0.39, 0.29) is 23.8 Å². The predicted molar refractivity (Wildman–Crippen MR) is 176 cm³/mol. The van der Waals surface area contributed by atoms with Crippen LogP contribution in [0.4, 0.5) is 22.2 Å². The Morgan fingerprint density at radius 2 is 1.23 bits per heavy atom. The lowest BCUT2D eigenvalue weighted by molar-refractivity contribution is 0.0591. The number of methoxy groups -OCH3 is 2. The summed E-state index contributed by atoms with van der Waals surface area (Å²) in [5.41, 5.74) is 12.7. The van der Waals surface area contributed by atoms with E-state index in [0.717, 1.165) is 11.3 Å². The van der Waals surface area contributed by atoms with E-state index in [9.17, 15) is 19.2 Å². The maximum atomic E-state index is 11.5. The Kier molecular flexibility index (Phi) is 16.7. The highest BCUT2D eigenvalue weighted by Crippen LogP contribution is 2.12. The number of pyridine rings is 4. The number of carboxylic acids is 1. The number of carbonyl (C=O) groups excluding carboxylic acids is 3. The summed E-state index contributed by atoms with van der Waals surface area (Å²) in [4.78, 5) is 59.2. The number of aryl methyl sites for hydroxylation is 1. The van der Waals surface area contributed by atoms with Crippen LogP contribution >= 0.6 is 0 Å². The number of carbonyl (C=O) groups is 4. The third kappa shape index (κ3) is 16.2. The molecular weight excluding hydrogens is 626 g/mol. The molecule has 1 amide bonds. The number of nitrogen functional groups attached to an aromatic ring is 2. The van der Waals surface area contributed by atoms with Crippen LogP contribution in [0.5, 0.6) is 0 Å². The number of amides is 1. The van der Waals surface area contributed by atoms with Gasteiger partial charge < -0.3 is 35.9 Å². The summed E-state index contributed by atoms with van der Waals surface area (Å²) in [5.74, 6) is -1.13. The Labute approximate surface area is 277 Å². The van der Waals surface area contributed by atoms with Crippen LogP contribution in [0.2, 0.25) is 0 Å². The van der Waals surface area contributed by atoms with Crippen LogP contribution in [-0.2, 0) is 20.8 Å². The zero-order chi connectivity index (χ0) is 36.3. The molecule has 0 spiro atoms. The zero-order valence-electron chi connectivity index (χ0n) is 27.3. The summed E-state index contributed by atoms with van der Waals surface area (Å²) in [6, 6.07) is 12.3. The number of rotatable bonds is 5. The molecule has 0 saturated carbocycles. The zero-order valence-corrected chi connectivity index (χ0v) is 27.3. The normalized spacial score (nSPS) is 9.81. The van der Waals surface area contributed by atoms with Crippen molar-refractivity contribution < 1.29 is 43.6 Å². The first-order valence-corrected chi connectivity index (χ1v) is 13.9. The van der Waals surface area contributed by atoms with Gasteiger partial charge in [0, 0.05) is 30.5 Å². The molecule has 4 rings (SSSR count). The van der Waals surface area contributed by atoms with E-state index >= 15 is 0 Å². The van der Waals surface area contributed by atoms with Crippen LogP contribution in [0.3, 0.4) is 0 Å². The Bertz CT molecular complexity index is 1660. The van der Waals surface area contributed by atoms with Gasteiger partial charge in [0.15, 0.2) is 0 Å². The van der Waals surface area contributed by atoms with E-state index in [1.54, 1.807) is 39.1 Å². The fourth-order valence-electron chi connectivity index (χ4n) is 3.13. The number of nitrogens with two attached hydrogens (primary N) is 2. The van der Waals surface area contributed by atoms with Crippen LogP contribution in [0, 0.1) is 6.92 Å². The minimum Gasteiger partial charge on any atom is -0.478 e. The second-order valence-electron chi connectivity index (χ2n) is 10.2. The average Bonchev–Trinajstić information content (AvgIpc) is 3.04. The Morgan fingerprint density at radius 3 is 1.65 bits per heavy atom. The lowest BCUT2D eigenvalue weighted by Gasteiger charge is -2.19. The van der Waals surface area contributed by atoms with Crippen molar-refractivity contribution in [2.45, 2.75) is 39.9 Å². The monoisotopic (exact) mass is 665 g/mol. The second kappa shape index (κ2) is 20.1. The standard InChI is InChI=1S/C12H16N2O4.C7H8N2O2.C7H9NO.C6H6N2O2/c1-12(2,3)18-11(16)14-9-7-8(5-6-13-9)10(15)17-4;1-11-7(10)5-2-3-9-6(8)4-5;1-6-4-7(5-9)2-3-8-6;7-5-3-4(6(9)10)1-2-8-5/h5-7H,1-4H3,(H,13,14,16);2-4H,1H3,(H2,8,9);2-4,9H,5H2,1H3;1-3H,(H2,7,8)(H,9,10). The molecule has 0 unspecified atom stereocenters. The van der Waals surface area contributed by atoms with Gasteiger partial charge in [-0.15, -0.1) is 0 Å². The van der Waals surface area contributed by atoms with Crippen LogP contribution in [0.25, 0.3) is 0 Å². The fourth-order valence-corrected chi connectivity index (χ4v) is 3.13. The molecule has 4 aromatic heterocycles. The molecule has 0 aromatic carbocycles. The third-order valence-electron chi connectivity index (χ3n) is 5.18. The van der Waals surface area contributed by atoms with Crippen molar-refractivity contribution in [3.05, 3.63) is 101 Å². The van der Waals surface area contributed by atoms with Gasteiger partial charge in [0.05, 0.1) is 37.5 Å². The molecule has 0 fully saturated rings. The topological polar surface area (TPSA) is 252 Å². The van der Waals surface area contributed by atoms with Crippen molar-refractivity contribution in [2.75, 3.05) is 31.0 Å². The average molecular weight is 666 g/mol. The van der Waals surface area contributed by atoms with E-state index in [1.807, 2.05) is 13.0 Å². The number of hydrogen-bond donors (Lipinski definition) is 5. The predicted octanol–water partition coefficient (Wildman–Crippen LogP) is 3.91. The van der Waals surface area contributed by atoms with Crippen molar-refractivity contribution in [3.63, 3.8) is 0 Å². The van der Waals surface area contributed by atoms with Gasteiger partial charge >= 0.3 is 24.0 Å². The number of aliphatic hydroxyl groups is 1. The smallest absolute Gasteiger partial charge is 0.413 e. The Morgan fingerprint density at radius 1 is 0.750 bits per heavy atom. The molecule has 0 aliphatic rings. The summed E-state index contributed by atoms with van der Waals surface area (Å²) in [6.45, 7) is 7.27. The molecule has 4 aromatic rings. The fraction of sp³-hybridized carbons (Fsp3) is 0.250. The number of aromatic carboxylic acids is 1. The number of aromatic nitrogens is 4. The van der Waals surface area contributed by atoms with E-state index < -0.39 is 29.6 Å². The van der Waals surface area contributed by atoms with Crippen LogP contribution in [-0.4, -0.2) is 74.0 Å². The summed E-state index contributed by atoms with van der Waals surface area (Å²) < 4.78 is 14.1. The van der Waals surface area contributed by atoms with Gasteiger partial charge in [-0.25, -0.2) is 34.1 Å². The van der Waals surface area contributed by atoms with Gasteiger partial charge in [-0.05, 0) is 81.8 Å². The molecule has 0 saturated heterocycles. The van der Waals surface area contributed by atoms with Crippen molar-refractivity contribution in [3.8, 4) is 0 Å². The van der Waals surface area contributed by atoms with Gasteiger partial charge in [-0.2, -0.15) is 0 Å². The Balaban J connectivity index is 0.000000334. The number of hydrogen-bond acceptors (Lipinski definition) is 14. The number of aliphatic hydroxyl groups excluding tert-OH is 1. The minimum absolute atomic E-state index is 0.101. The lowest BCUT2D eigenvalue weighted by Crippen LogP contribution is -2.27. The van der Waals surface area contributed by atoms with Crippen LogP contribution in [0.15, 0.2) is 73.3 Å². The molecular formula is C32H39N7O9. The summed E-state index contributed by atoms with van der Waals surface area (Å²) >= 11 is 0. The molecule has 0 radical (unpaired) electrons. The van der Waals surface area contributed by atoms with E-state index in [2.05, 4.69) is 34.7 Å². The first-order chi connectivity index (χ1) is 22.6. The number of nitrogens with one attached hydrogen (secondary N) is 1. The van der Waals surface area contributed by atoms with Crippen molar-refractivity contribution in [1.29, 1.82) is 0 Å². The van der Waals surface area contributed by atoms with Gasteiger partial charge in [0.2, 0.25) is 0 Å². The lowest BCUT2D eigenvalue weighted by atomic mass is 10.2. The molecule has 7 N–H and O–H groups in total. The molecule has 0 aliphatic carbocycles. The number of nitrogens with zero attached hydrogens (tertiary/aromatic N) is 4. The number of ether oxygens (including phenoxy) is 3. The second-order valence-corrected chi connectivity index (χ2v) is 10.2. The number of carboxylic acid groups (broad SMARTS) is 1. The maximum absolute atomic E-state index is 11.5. The largest absolute Gasteiger partial charge is 0.478 e. The highest BCUT2D eigenvalue weighted by atomic mass is 16.6. The Hall–Kier alpha value is -6.16. The molecule has 0 bridgehead atoms. The first-order valence-electron chi connectivity index (χ1n) is 13.9. The van der Waals surface area contributed by atoms with E-state index in [4.69, 9.17) is 26.4 Å². The van der Waals surface area contributed by atoms with Gasteiger partial charge in [-0.1, -0.05) is 0 Å². The number of esters is 2. The van der Waals surface area contributed by atoms with Crippen molar-refractivity contribution in [1.82, 2.24) is 19.9 Å². The first kappa shape index (κ1) is 39.9. The van der Waals surface area contributed by atoms with Crippen molar-refractivity contribution in [2.24, 2.45) is 0 Å². The molecule has 16 nitrogen and oxygen atoms in total. The summed E-state index contributed by atoms with van der Waals surface area (Å²) in [7, 11) is 2.60. The quantitative estimate of drug-likeness (QED) is 0.150. The van der Waals surface area contributed by atoms with Gasteiger partial charge in [0.25, 0.3) is 0 Å². The summed E-state index contributed by atoms with van der Waals surface area (Å²) in [6.07, 6.45) is 5.29. The molecule has 0 atom stereocenters. The SMILES string of the molecule is COC(=O)c1ccnc(N)c1.COC(=O)c1ccnc(NC(=O)OC(C)(C)C)c1.Cc1cc(CO)ccn1.Nc1cc(C(=O)O)ccn1. The molecule has 4 heterocycles. The molecule has 16 heteroatoms. The highest BCUT2D eigenvalue weighted by Gasteiger charge is 2.17. The summed E-state index contributed by atoms with van der Waals surface area (Å²) in [5, 5.41) is 19.5. The number of anilines is 3. The van der Waals surface area contributed by atoms with Crippen LogP contribution in [0.1, 0.15) is 63.1 Å². The molecule has 0 aliphatic heterocycles. The van der Waals surface area contributed by atoms with Gasteiger partial charge in [-0.3, -0.25) is 10.3 Å². The van der Waals surface area contributed by atoms with E-state index in [1.165, 1.54) is 63.1 Å². The van der Waals surface area contributed by atoms with Crippen molar-refractivity contribution >= 4 is 41.5 Å². The minimum atomic E-state index is -0.992. The molecule has 256 valence electrons. The van der Waals surface area contributed by atoms with Gasteiger partial charge in [0.1, 0.15) is 23.1 Å². The maximum Gasteiger partial charge on any atom is 0.413 e. The van der Waals surface area contributed by atoms with Crippen LogP contribution < -0.4 is 16.8 Å². The third-order valence-corrected chi connectivity index (χ3v) is 5.18. The van der Waals surface area contributed by atoms with E-state index in [0.29, 0.717) is 16.9 Å². The molecule has 48 heavy (non-hydrogen) atoms. The highest BCUT2D eigenvalue weighted by molar-refractivity contribution is 5.92.